The Bertz CT molecular complexity index is 1120. The highest BCUT2D eigenvalue weighted by Crippen LogP contribution is 2.33. The minimum absolute atomic E-state index is 0.237. The van der Waals surface area contributed by atoms with Gasteiger partial charge in [-0.3, -0.25) is 4.84 Å². The largest absolute Gasteiger partial charge is 0.498 e. The third-order valence-electron chi connectivity index (χ3n) is 4.77. The zero-order valence-corrected chi connectivity index (χ0v) is 17.9. The lowest BCUT2D eigenvalue weighted by Gasteiger charge is -2.32. The van der Waals surface area contributed by atoms with E-state index in [-0.39, 0.29) is 11.3 Å². The van der Waals surface area contributed by atoms with Crippen LogP contribution in [0.5, 0.6) is 5.75 Å². The van der Waals surface area contributed by atoms with Crippen molar-refractivity contribution in [2.24, 2.45) is 0 Å². The molecule has 3 aromatic rings. The number of aryl methyl sites for hydroxylation is 1. The van der Waals surface area contributed by atoms with Gasteiger partial charge in [0.25, 0.3) is 0 Å². The van der Waals surface area contributed by atoms with Gasteiger partial charge in [-0.05, 0) is 30.2 Å². The van der Waals surface area contributed by atoms with E-state index in [0.29, 0.717) is 17.9 Å². The highest BCUT2D eigenvalue weighted by Gasteiger charge is 2.26. The molecule has 2 heterocycles. The van der Waals surface area contributed by atoms with Crippen LogP contribution in [0.1, 0.15) is 15.9 Å². The van der Waals surface area contributed by atoms with Gasteiger partial charge >= 0.3 is 5.97 Å². The summed E-state index contributed by atoms with van der Waals surface area (Å²) in [5.74, 6) is 0.223. The van der Waals surface area contributed by atoms with Crippen molar-refractivity contribution in [3.63, 3.8) is 0 Å². The van der Waals surface area contributed by atoms with E-state index in [4.69, 9.17) is 19.2 Å². The first-order chi connectivity index (χ1) is 15.6. The predicted molar refractivity (Wildman–Crippen MR) is 114 cm³/mol. The van der Waals surface area contributed by atoms with Crippen molar-refractivity contribution in [1.29, 1.82) is 0 Å². The molecule has 10 heteroatoms. The van der Waals surface area contributed by atoms with Crippen molar-refractivity contribution in [2.45, 2.75) is 6.92 Å². The van der Waals surface area contributed by atoms with Crippen LogP contribution in [0.4, 0.5) is 0 Å². The van der Waals surface area contributed by atoms with E-state index in [1.807, 2.05) is 37.3 Å². The van der Waals surface area contributed by atoms with Crippen molar-refractivity contribution < 1.29 is 24.0 Å². The molecule has 0 bridgehead atoms. The second-order valence-corrected chi connectivity index (χ2v) is 6.82. The zero-order chi connectivity index (χ0) is 22.5. The monoisotopic (exact) mass is 437 g/mol. The molecule has 1 N–H and O–H groups in total. The number of hydrogen-bond donors (Lipinski definition) is 1. The van der Waals surface area contributed by atoms with Crippen LogP contribution in [0.15, 0.2) is 72.9 Å². The molecule has 0 fully saturated rings. The summed E-state index contributed by atoms with van der Waals surface area (Å²) in [5, 5.41) is 6.64. The molecule has 166 valence electrons. The Kier molecular flexibility index (Phi) is 6.36. The van der Waals surface area contributed by atoms with E-state index in [9.17, 15) is 4.79 Å². The molecule has 0 spiro atoms. The quantitative estimate of drug-likeness (QED) is 0.599. The van der Waals surface area contributed by atoms with Gasteiger partial charge < -0.3 is 14.4 Å². The Morgan fingerprint density at radius 3 is 2.59 bits per heavy atom. The molecule has 0 saturated carbocycles. The first-order valence-corrected chi connectivity index (χ1v) is 9.80. The van der Waals surface area contributed by atoms with Gasteiger partial charge in [0, 0.05) is 5.56 Å². The fraction of sp³-hybridized carbons (Fsp3) is 0.182. The first kappa shape index (κ1) is 21.4. The molecule has 0 aliphatic carbocycles. The molecule has 4 rings (SSSR count). The number of aromatic nitrogens is 2. The number of carbonyl (C=O) groups is 1. The van der Waals surface area contributed by atoms with Crippen LogP contribution in [0.25, 0.3) is 11.1 Å². The maximum atomic E-state index is 13.2. The number of nitrogens with one attached hydrogen (secondary N) is 1. The van der Waals surface area contributed by atoms with Crippen LogP contribution >= 0.6 is 0 Å². The maximum Gasteiger partial charge on any atom is 0.370 e. The van der Waals surface area contributed by atoms with Crippen LogP contribution in [0.3, 0.4) is 0 Å². The molecular formula is C22H23N5O5. The Morgan fingerprint density at radius 2 is 1.88 bits per heavy atom. The summed E-state index contributed by atoms with van der Waals surface area (Å²) in [7, 11) is 3.06. The number of carbonyl (C=O) groups excluding carboxylic acids is 1. The van der Waals surface area contributed by atoms with Gasteiger partial charge in [-0.2, -0.15) is 0 Å². The third kappa shape index (κ3) is 4.57. The zero-order valence-electron chi connectivity index (χ0n) is 17.9. The summed E-state index contributed by atoms with van der Waals surface area (Å²) in [6.07, 6.45) is 4.66. The average molecular weight is 437 g/mol. The highest BCUT2D eigenvalue weighted by molar-refractivity contribution is 6.00. The molecular weight excluding hydrogens is 414 g/mol. The maximum absolute atomic E-state index is 13.2. The summed E-state index contributed by atoms with van der Waals surface area (Å²) in [6, 6.07) is 14.7. The van der Waals surface area contributed by atoms with E-state index >= 15 is 0 Å². The van der Waals surface area contributed by atoms with Crippen LogP contribution < -0.4 is 15.2 Å². The minimum Gasteiger partial charge on any atom is -0.498 e. The number of hydrogen-bond acceptors (Lipinski definition) is 9. The van der Waals surface area contributed by atoms with Crippen LogP contribution in [0, 0.1) is 6.92 Å². The van der Waals surface area contributed by atoms with Gasteiger partial charge in [-0.15, -0.1) is 15.8 Å². The number of methoxy groups -OCH3 is 1. The smallest absolute Gasteiger partial charge is 0.370 e. The van der Waals surface area contributed by atoms with E-state index in [2.05, 4.69) is 10.6 Å². The van der Waals surface area contributed by atoms with E-state index in [1.165, 1.54) is 29.8 Å². The molecule has 0 saturated heterocycles. The third-order valence-corrected chi connectivity index (χ3v) is 4.77. The van der Waals surface area contributed by atoms with Gasteiger partial charge in [-0.1, -0.05) is 46.4 Å². The van der Waals surface area contributed by atoms with E-state index in [0.717, 1.165) is 16.0 Å². The van der Waals surface area contributed by atoms with Crippen LogP contribution in [-0.2, 0) is 9.57 Å². The molecule has 1 aliphatic rings. The number of hydrazine groups is 2. The second kappa shape index (κ2) is 9.52. The van der Waals surface area contributed by atoms with Gasteiger partial charge in [0.15, 0.2) is 5.75 Å². The summed E-state index contributed by atoms with van der Waals surface area (Å²) < 4.78 is 5.32. The molecule has 1 aliphatic heterocycles. The fourth-order valence-corrected chi connectivity index (χ4v) is 3.22. The van der Waals surface area contributed by atoms with Crippen molar-refractivity contribution in [2.75, 3.05) is 20.8 Å². The standard InChI is InChI=1S/C22H23N5O5/c1-16-8-4-5-9-18(16)19-10-6-11-20(21(19)22(28)32-25-13-7-12-23-25)31-27-15-17(29-2)14-26(24-27)30-3/h4-13,15,24H,14H2,1-3H3. The van der Waals surface area contributed by atoms with Gasteiger partial charge in [0.2, 0.25) is 0 Å². The highest BCUT2D eigenvalue weighted by atomic mass is 16.8. The van der Waals surface area contributed by atoms with Gasteiger partial charge in [0.05, 0.1) is 32.8 Å². The molecule has 1 aromatic heterocycles. The van der Waals surface area contributed by atoms with Gasteiger partial charge in [-0.25, -0.2) is 4.79 Å². The molecule has 10 nitrogen and oxygen atoms in total. The summed E-state index contributed by atoms with van der Waals surface area (Å²) in [6.45, 7) is 2.34. The van der Waals surface area contributed by atoms with Crippen molar-refractivity contribution in [3.8, 4) is 16.9 Å². The molecule has 2 aromatic carbocycles. The van der Waals surface area contributed by atoms with Crippen molar-refractivity contribution in [1.82, 2.24) is 25.8 Å². The van der Waals surface area contributed by atoms with E-state index in [1.54, 1.807) is 31.5 Å². The minimum atomic E-state index is -0.626. The SMILES string of the molecule is COC1=CN(Oc2cccc(-c3ccccc3C)c2C(=O)On2cccn2)NN(OC)C1. The number of rotatable bonds is 7. The number of hydroxylamine groups is 2. The number of nitrogens with zero attached hydrogens (tertiary/aromatic N) is 4. The van der Waals surface area contributed by atoms with Crippen LogP contribution in [-0.4, -0.2) is 47.0 Å². The lowest BCUT2D eigenvalue weighted by atomic mass is 9.95. The summed E-state index contributed by atoms with van der Waals surface area (Å²) in [5.41, 5.74) is 5.67. The van der Waals surface area contributed by atoms with Crippen molar-refractivity contribution in [3.05, 3.63) is 84.0 Å². The Labute approximate surface area is 184 Å². The molecule has 32 heavy (non-hydrogen) atoms. The molecule has 0 atom stereocenters. The predicted octanol–water partition coefficient (Wildman–Crippen LogP) is 2.51. The van der Waals surface area contributed by atoms with Gasteiger partial charge in [0.1, 0.15) is 17.9 Å². The normalized spacial score (nSPS) is 14.1. The number of benzene rings is 2. The topological polar surface area (TPSA) is 90.3 Å². The fourth-order valence-electron chi connectivity index (χ4n) is 3.22. The molecule has 0 radical (unpaired) electrons. The Morgan fingerprint density at radius 1 is 1.06 bits per heavy atom. The molecule has 0 unspecified atom stereocenters. The second-order valence-electron chi connectivity index (χ2n) is 6.82. The van der Waals surface area contributed by atoms with Crippen LogP contribution in [0.2, 0.25) is 0 Å². The summed E-state index contributed by atoms with van der Waals surface area (Å²) >= 11 is 0. The lowest BCUT2D eigenvalue weighted by Crippen LogP contribution is -2.52. The summed E-state index contributed by atoms with van der Waals surface area (Å²) in [4.78, 5) is 31.0. The Balaban J connectivity index is 1.75. The van der Waals surface area contributed by atoms with E-state index < -0.39 is 5.97 Å². The van der Waals surface area contributed by atoms with Crippen molar-refractivity contribution >= 4 is 5.97 Å². The average Bonchev–Trinajstić information content (AvgIpc) is 3.32. The number of ether oxygens (including phenoxy) is 1. The molecule has 0 amide bonds. The Hall–Kier alpha value is -3.86. The first-order valence-electron chi connectivity index (χ1n) is 9.80. The lowest BCUT2D eigenvalue weighted by molar-refractivity contribution is -0.265.